The summed E-state index contributed by atoms with van der Waals surface area (Å²) in [7, 11) is -3.80. The van der Waals surface area contributed by atoms with Crippen LogP contribution in [-0.2, 0) is 10.0 Å². The number of para-hydroxylation sites is 1. The van der Waals surface area contributed by atoms with Gasteiger partial charge in [0, 0.05) is 36.7 Å². The molecule has 3 aromatic heterocycles. The Morgan fingerprint density at radius 1 is 1.10 bits per heavy atom. The first-order valence-corrected chi connectivity index (χ1v) is 16.0. The number of nitrogens with zero attached hydrogens (tertiary/aromatic N) is 6. The fraction of sp³-hybridized carbons (Fsp3) is 0.387. The van der Waals surface area contributed by atoms with Crippen molar-refractivity contribution in [1.29, 1.82) is 5.26 Å². The Labute approximate surface area is 245 Å². The van der Waals surface area contributed by atoms with E-state index in [2.05, 4.69) is 29.5 Å². The van der Waals surface area contributed by atoms with Crippen LogP contribution in [0.2, 0.25) is 0 Å². The van der Waals surface area contributed by atoms with Crippen molar-refractivity contribution in [1.82, 2.24) is 24.5 Å². The Morgan fingerprint density at radius 3 is 2.40 bits per heavy atom. The smallest absolute Gasteiger partial charge is 0.283 e. The molecule has 4 heterocycles. The molecule has 0 bridgehead atoms. The minimum absolute atomic E-state index is 0.0249. The van der Waals surface area contributed by atoms with Crippen LogP contribution >= 0.6 is 0 Å². The lowest BCUT2D eigenvalue weighted by atomic mass is 9.63. The number of pyridine rings is 2. The van der Waals surface area contributed by atoms with Crippen molar-refractivity contribution in [3.63, 3.8) is 0 Å². The van der Waals surface area contributed by atoms with Crippen LogP contribution in [0.25, 0.3) is 27.8 Å². The Balaban J connectivity index is 1.51. The lowest BCUT2D eigenvalue weighted by Gasteiger charge is -2.42. The number of nitriles is 1. The van der Waals surface area contributed by atoms with Crippen LogP contribution in [-0.4, -0.2) is 53.4 Å². The van der Waals surface area contributed by atoms with Gasteiger partial charge in [-0.05, 0) is 67.0 Å². The third-order valence-corrected chi connectivity index (χ3v) is 8.78. The molecule has 216 valence electrons. The Kier molecular flexibility index (Phi) is 6.97. The van der Waals surface area contributed by atoms with Gasteiger partial charge in [0.25, 0.3) is 5.91 Å². The molecule has 10 nitrogen and oxygen atoms in total. The van der Waals surface area contributed by atoms with Gasteiger partial charge in [-0.2, -0.15) is 10.4 Å². The lowest BCUT2D eigenvalue weighted by Crippen LogP contribution is -2.33. The van der Waals surface area contributed by atoms with Crippen LogP contribution in [0.3, 0.4) is 0 Å². The highest BCUT2D eigenvalue weighted by molar-refractivity contribution is 7.89. The third kappa shape index (κ3) is 5.46. The molecule has 1 aliphatic heterocycles. The zero-order valence-electron chi connectivity index (χ0n) is 23.9. The molecule has 11 heteroatoms. The summed E-state index contributed by atoms with van der Waals surface area (Å²) in [5, 5.41) is 15.1. The second-order valence-electron chi connectivity index (χ2n) is 12.2. The number of amides is 1. The average Bonchev–Trinajstić information content (AvgIpc) is 3.34. The van der Waals surface area contributed by atoms with Crippen LogP contribution in [0, 0.1) is 22.7 Å². The normalized spacial score (nSPS) is 17.5. The van der Waals surface area contributed by atoms with Gasteiger partial charge in [0.15, 0.2) is 5.65 Å². The lowest BCUT2D eigenvalue weighted by molar-refractivity contribution is 0.0977. The number of aromatic nitrogens is 4. The number of benzene rings is 1. The molecule has 4 aromatic rings. The molecule has 0 unspecified atom stereocenters. The molecule has 6 rings (SSSR count). The number of carbonyl (C=O) groups excluding carboxylic acids is 1. The summed E-state index contributed by atoms with van der Waals surface area (Å²) in [4.78, 5) is 24.8. The molecular formula is C31H33N7O3S. The minimum Gasteiger partial charge on any atom is -0.357 e. The van der Waals surface area contributed by atoms with Crippen LogP contribution < -0.4 is 9.62 Å². The molecular weight excluding hydrogens is 550 g/mol. The summed E-state index contributed by atoms with van der Waals surface area (Å²) < 4.78 is 27.7. The number of piperidine rings is 1. The van der Waals surface area contributed by atoms with Gasteiger partial charge in [0.2, 0.25) is 10.0 Å². The van der Waals surface area contributed by atoms with Crippen LogP contribution in [0.15, 0.2) is 54.7 Å². The monoisotopic (exact) mass is 583 g/mol. The van der Waals surface area contributed by atoms with Crippen LogP contribution in [0.5, 0.6) is 0 Å². The molecule has 1 amide bonds. The van der Waals surface area contributed by atoms with Crippen molar-refractivity contribution in [2.24, 2.45) is 11.3 Å². The largest absolute Gasteiger partial charge is 0.357 e. The summed E-state index contributed by atoms with van der Waals surface area (Å²) >= 11 is 0. The fourth-order valence-electron chi connectivity index (χ4n) is 6.18. The number of hydrogen-bond acceptors (Lipinski definition) is 8. The van der Waals surface area contributed by atoms with Gasteiger partial charge < -0.3 is 4.90 Å². The number of carbonyl (C=O) groups is 1. The second-order valence-corrected chi connectivity index (χ2v) is 13.9. The molecule has 0 radical (unpaired) electrons. The van der Waals surface area contributed by atoms with Gasteiger partial charge in [0.05, 0.1) is 29.1 Å². The highest BCUT2D eigenvalue weighted by atomic mass is 32.2. The van der Waals surface area contributed by atoms with Gasteiger partial charge >= 0.3 is 0 Å². The molecule has 1 N–H and O–H groups in total. The molecule has 1 saturated carbocycles. The first-order valence-electron chi connectivity index (χ1n) is 14.1. The molecule has 1 aromatic carbocycles. The maximum Gasteiger partial charge on any atom is 0.283 e. The fourth-order valence-corrected chi connectivity index (χ4v) is 6.62. The van der Waals surface area contributed by atoms with Crippen LogP contribution in [0.1, 0.15) is 61.6 Å². The standard InChI is InChI=1S/C31H33N7O3S/c1-31(2)16-22(17-31)28-27-24(21-9-10-26(33-19-21)37-13-11-20(18-32)12-14-37)15-25(30(39)36-42(3,40)41)34-29(27)38(35-28)23-7-5-4-6-8-23/h4-10,15,19-20,22H,11-14,16-17H2,1-3H3,(H,36,39). The number of sulfonamides is 1. The average molecular weight is 584 g/mol. The first-order chi connectivity index (χ1) is 20.0. The van der Waals surface area contributed by atoms with E-state index < -0.39 is 15.9 Å². The molecule has 2 aliphatic rings. The zero-order chi connectivity index (χ0) is 29.6. The highest BCUT2D eigenvalue weighted by Crippen LogP contribution is 2.52. The van der Waals surface area contributed by atoms with Gasteiger partial charge in [-0.1, -0.05) is 32.0 Å². The van der Waals surface area contributed by atoms with Gasteiger partial charge in [0.1, 0.15) is 11.5 Å². The molecule has 1 aliphatic carbocycles. The second kappa shape index (κ2) is 10.5. The van der Waals surface area contributed by atoms with Crippen molar-refractivity contribution < 1.29 is 13.2 Å². The number of anilines is 1. The van der Waals surface area contributed by atoms with E-state index >= 15 is 0 Å². The number of hydrogen-bond donors (Lipinski definition) is 1. The zero-order valence-corrected chi connectivity index (χ0v) is 24.7. The summed E-state index contributed by atoms with van der Waals surface area (Å²) in [5.74, 6) is 0.324. The van der Waals surface area contributed by atoms with Crippen molar-refractivity contribution >= 4 is 32.8 Å². The summed E-state index contributed by atoms with van der Waals surface area (Å²) in [6.45, 7) is 6.03. The van der Waals surface area contributed by atoms with E-state index in [4.69, 9.17) is 15.1 Å². The van der Waals surface area contributed by atoms with Crippen molar-refractivity contribution in [3.8, 4) is 22.9 Å². The maximum atomic E-state index is 13.1. The molecule has 42 heavy (non-hydrogen) atoms. The number of nitrogens with one attached hydrogen (secondary N) is 1. The topological polar surface area (TPSA) is 134 Å². The van der Waals surface area contributed by atoms with Gasteiger partial charge in [-0.3, -0.25) is 4.79 Å². The van der Waals surface area contributed by atoms with Gasteiger partial charge in [-0.25, -0.2) is 27.8 Å². The van der Waals surface area contributed by atoms with Crippen molar-refractivity contribution in [2.75, 3.05) is 24.2 Å². The van der Waals surface area contributed by atoms with Crippen LogP contribution in [0.4, 0.5) is 5.82 Å². The highest BCUT2D eigenvalue weighted by Gasteiger charge is 2.40. The molecule has 0 atom stereocenters. The number of fused-ring (bicyclic) bond motifs is 1. The van der Waals surface area contributed by atoms with E-state index in [1.807, 2.05) is 42.5 Å². The minimum atomic E-state index is -3.80. The summed E-state index contributed by atoms with van der Waals surface area (Å²) in [5.41, 5.74) is 3.87. The Bertz CT molecular complexity index is 1790. The van der Waals surface area contributed by atoms with E-state index in [1.54, 1.807) is 16.9 Å². The quantitative estimate of drug-likeness (QED) is 0.342. The molecule has 2 fully saturated rings. The Morgan fingerprint density at radius 2 is 1.81 bits per heavy atom. The van der Waals surface area contributed by atoms with E-state index in [-0.39, 0.29) is 22.9 Å². The third-order valence-electron chi connectivity index (χ3n) is 8.22. The van der Waals surface area contributed by atoms with Crippen molar-refractivity contribution in [2.45, 2.75) is 45.4 Å². The van der Waals surface area contributed by atoms with E-state index in [0.29, 0.717) is 5.65 Å². The maximum absolute atomic E-state index is 13.1. The SMILES string of the molecule is CC1(C)CC(c2nn(-c3ccccc3)c3nc(C(=O)NS(C)(=O)=O)cc(-c4ccc(N5CCC(C#N)CC5)nc4)c23)C1. The predicted molar refractivity (Wildman–Crippen MR) is 161 cm³/mol. The van der Waals surface area contributed by atoms with E-state index in [1.165, 1.54) is 0 Å². The number of rotatable bonds is 6. The molecule has 1 saturated heterocycles. The van der Waals surface area contributed by atoms with Gasteiger partial charge in [-0.15, -0.1) is 0 Å². The van der Waals surface area contributed by atoms with E-state index in [0.717, 1.165) is 78.7 Å². The molecule has 0 spiro atoms. The first kappa shape index (κ1) is 27.8. The Hall–Kier alpha value is -4.30. The summed E-state index contributed by atoms with van der Waals surface area (Å²) in [6.07, 6.45) is 6.29. The van der Waals surface area contributed by atoms with E-state index in [9.17, 15) is 18.5 Å². The summed E-state index contributed by atoms with van der Waals surface area (Å²) in [6, 6.07) is 17.5. The van der Waals surface area contributed by atoms with Crippen molar-refractivity contribution in [3.05, 3.63) is 66.1 Å². The predicted octanol–water partition coefficient (Wildman–Crippen LogP) is 4.82.